The zero-order valence-corrected chi connectivity index (χ0v) is 12.5. The van der Waals surface area contributed by atoms with E-state index in [2.05, 4.69) is 5.32 Å². The van der Waals surface area contributed by atoms with Crippen molar-refractivity contribution in [2.45, 2.75) is 32.1 Å². The number of ether oxygens (including phenoxy) is 2. The van der Waals surface area contributed by atoms with Crippen LogP contribution in [0.15, 0.2) is 12.1 Å². The highest BCUT2D eigenvalue weighted by Gasteiger charge is 2.38. The molecule has 3 rings (SSSR count). The molecule has 6 heteroatoms. The monoisotopic (exact) mass is 310 g/mol. The minimum atomic E-state index is -0.474. The fraction of sp³-hybridized carbons (Fsp3) is 0.533. The molecule has 21 heavy (non-hydrogen) atoms. The van der Waals surface area contributed by atoms with Crippen molar-refractivity contribution in [1.82, 2.24) is 0 Å². The Hall–Kier alpha value is -1.46. The number of rotatable bonds is 3. The predicted octanol–water partition coefficient (Wildman–Crippen LogP) is 2.92. The van der Waals surface area contributed by atoms with E-state index >= 15 is 0 Å². The quantitative estimate of drug-likeness (QED) is 0.900. The summed E-state index contributed by atoms with van der Waals surface area (Å²) in [5, 5.41) is 3.36. The van der Waals surface area contributed by atoms with E-state index in [1.807, 2.05) is 0 Å². The molecule has 1 aromatic rings. The first kappa shape index (κ1) is 14.5. The summed E-state index contributed by atoms with van der Waals surface area (Å²) in [4.78, 5) is 12.7. The summed E-state index contributed by atoms with van der Waals surface area (Å²) in [5.41, 5.74) is 5.95. The van der Waals surface area contributed by atoms with E-state index in [9.17, 15) is 4.79 Å². The zero-order valence-electron chi connectivity index (χ0n) is 11.8. The maximum Gasteiger partial charge on any atom is 0.231 e. The molecule has 1 heterocycles. The fourth-order valence-electron chi connectivity index (χ4n) is 3.02. The predicted molar refractivity (Wildman–Crippen MR) is 80.8 cm³/mol. The first-order valence-electron chi connectivity index (χ1n) is 7.25. The lowest BCUT2D eigenvalue weighted by atomic mass is 9.73. The Morgan fingerprint density at radius 2 is 1.90 bits per heavy atom. The van der Waals surface area contributed by atoms with E-state index in [0.717, 1.165) is 25.7 Å². The van der Waals surface area contributed by atoms with Crippen LogP contribution in [0.1, 0.15) is 32.1 Å². The van der Waals surface area contributed by atoms with Gasteiger partial charge in [0.15, 0.2) is 11.5 Å². The number of halogens is 1. The lowest BCUT2D eigenvalue weighted by molar-refractivity contribution is -0.126. The Morgan fingerprint density at radius 3 is 2.57 bits per heavy atom. The van der Waals surface area contributed by atoms with Gasteiger partial charge in [-0.2, -0.15) is 0 Å². The Balaban J connectivity index is 1.81. The third-order valence-corrected chi connectivity index (χ3v) is 4.71. The van der Waals surface area contributed by atoms with Gasteiger partial charge in [0.25, 0.3) is 0 Å². The molecule has 1 aliphatic heterocycles. The van der Waals surface area contributed by atoms with Crippen molar-refractivity contribution in [3.63, 3.8) is 0 Å². The number of fused-ring (bicyclic) bond motifs is 1. The molecule has 0 radical (unpaired) electrons. The third kappa shape index (κ3) is 2.68. The van der Waals surface area contributed by atoms with Crippen molar-refractivity contribution in [3.05, 3.63) is 17.2 Å². The maximum atomic E-state index is 12.7. The van der Waals surface area contributed by atoms with Crippen molar-refractivity contribution in [1.29, 1.82) is 0 Å². The number of carbonyl (C=O) groups excluding carboxylic acids is 1. The lowest BCUT2D eigenvalue weighted by Crippen LogP contribution is -2.43. The second-order valence-electron chi connectivity index (χ2n) is 5.68. The highest BCUT2D eigenvalue weighted by atomic mass is 35.5. The number of hydrogen-bond acceptors (Lipinski definition) is 4. The van der Waals surface area contributed by atoms with Gasteiger partial charge in [0, 0.05) is 18.7 Å². The summed E-state index contributed by atoms with van der Waals surface area (Å²) in [6.45, 7) is 0.538. The van der Waals surface area contributed by atoms with Crippen LogP contribution >= 0.6 is 11.6 Å². The molecule has 1 saturated carbocycles. The first-order chi connectivity index (χ1) is 10.1. The van der Waals surface area contributed by atoms with Crippen LogP contribution in [-0.2, 0) is 4.79 Å². The molecule has 0 unspecified atom stereocenters. The molecule has 1 fully saturated rings. The van der Waals surface area contributed by atoms with Crippen LogP contribution in [0, 0.1) is 5.41 Å². The summed E-state index contributed by atoms with van der Waals surface area (Å²) < 4.78 is 10.6. The molecule has 0 aromatic heterocycles. The van der Waals surface area contributed by atoms with Gasteiger partial charge in [-0.15, -0.1) is 0 Å². The minimum absolute atomic E-state index is 0.0505. The molecule has 0 saturated heterocycles. The molecule has 3 N–H and O–H groups in total. The molecule has 0 bridgehead atoms. The molecule has 0 atom stereocenters. The molecule has 2 aliphatic rings. The van der Waals surface area contributed by atoms with E-state index in [4.69, 9.17) is 26.8 Å². The topological polar surface area (TPSA) is 73.6 Å². The van der Waals surface area contributed by atoms with Crippen molar-refractivity contribution in [2.75, 3.05) is 18.7 Å². The van der Waals surface area contributed by atoms with Crippen molar-refractivity contribution < 1.29 is 14.3 Å². The summed E-state index contributed by atoms with van der Waals surface area (Å²) >= 11 is 6.20. The number of benzene rings is 1. The number of nitrogens with two attached hydrogens (primary N) is 1. The summed E-state index contributed by atoms with van der Waals surface area (Å²) in [6, 6.07) is 3.37. The van der Waals surface area contributed by atoms with Crippen LogP contribution < -0.4 is 20.5 Å². The second kappa shape index (κ2) is 5.73. The highest BCUT2D eigenvalue weighted by Crippen LogP contribution is 2.41. The van der Waals surface area contributed by atoms with E-state index in [1.54, 1.807) is 12.1 Å². The molecule has 1 amide bonds. The van der Waals surface area contributed by atoms with Crippen LogP contribution in [0.4, 0.5) is 5.69 Å². The van der Waals surface area contributed by atoms with Gasteiger partial charge in [-0.1, -0.05) is 30.9 Å². The third-order valence-electron chi connectivity index (χ3n) is 4.39. The molecule has 0 spiro atoms. The van der Waals surface area contributed by atoms with Crippen LogP contribution in [0.25, 0.3) is 0 Å². The Bertz CT molecular complexity index is 556. The summed E-state index contributed by atoms with van der Waals surface area (Å²) in [6.07, 6.45) is 4.91. The average molecular weight is 311 g/mol. The van der Waals surface area contributed by atoms with Crippen molar-refractivity contribution in [3.8, 4) is 11.5 Å². The minimum Gasteiger partial charge on any atom is -0.454 e. The Labute approximate surface area is 128 Å². The summed E-state index contributed by atoms with van der Waals surface area (Å²) in [7, 11) is 0. The number of hydrogen-bond donors (Lipinski definition) is 2. The van der Waals surface area contributed by atoms with Crippen molar-refractivity contribution >= 4 is 23.2 Å². The number of anilines is 1. The van der Waals surface area contributed by atoms with Gasteiger partial charge in [0.1, 0.15) is 0 Å². The molecule has 5 nitrogen and oxygen atoms in total. The van der Waals surface area contributed by atoms with Gasteiger partial charge >= 0.3 is 0 Å². The number of amides is 1. The maximum absolute atomic E-state index is 12.7. The van der Waals surface area contributed by atoms with Crippen molar-refractivity contribution in [2.24, 2.45) is 11.1 Å². The largest absolute Gasteiger partial charge is 0.454 e. The smallest absolute Gasteiger partial charge is 0.231 e. The van der Waals surface area contributed by atoms with Crippen LogP contribution in [0.2, 0.25) is 5.02 Å². The normalized spacial score (nSPS) is 19.3. The van der Waals surface area contributed by atoms with E-state index < -0.39 is 5.41 Å². The lowest BCUT2D eigenvalue weighted by Gasteiger charge is -2.34. The average Bonchev–Trinajstić information content (AvgIpc) is 2.95. The Kier molecular flexibility index (Phi) is 3.95. The van der Waals surface area contributed by atoms with Gasteiger partial charge < -0.3 is 20.5 Å². The van der Waals surface area contributed by atoms with Gasteiger partial charge in [0.2, 0.25) is 12.7 Å². The Morgan fingerprint density at radius 1 is 1.24 bits per heavy atom. The summed E-state index contributed by atoms with van der Waals surface area (Å²) in [5.74, 6) is 1.15. The zero-order chi connectivity index (χ0) is 14.9. The molecule has 1 aromatic carbocycles. The highest BCUT2D eigenvalue weighted by molar-refractivity contribution is 6.34. The molecule has 114 valence electrons. The first-order valence-corrected chi connectivity index (χ1v) is 7.63. The van der Waals surface area contributed by atoms with Gasteiger partial charge in [-0.3, -0.25) is 4.79 Å². The molecular weight excluding hydrogens is 292 g/mol. The van der Waals surface area contributed by atoms with E-state index in [-0.39, 0.29) is 12.7 Å². The fourth-order valence-corrected chi connectivity index (χ4v) is 3.22. The molecule has 1 aliphatic carbocycles. The molecular formula is C15H19ClN2O3. The van der Waals surface area contributed by atoms with Gasteiger partial charge in [0.05, 0.1) is 16.1 Å². The number of carbonyl (C=O) groups is 1. The standard InChI is InChI=1S/C15H19ClN2O3/c16-10-6-12-13(21-9-20-12)7-11(10)18-14(19)15(8-17)4-2-1-3-5-15/h6-7H,1-5,8-9,17H2,(H,18,19). The number of nitrogens with one attached hydrogen (secondary N) is 1. The van der Waals surface area contributed by atoms with Gasteiger partial charge in [-0.05, 0) is 12.8 Å². The SMILES string of the molecule is NCC1(C(=O)Nc2cc3c(cc2Cl)OCO3)CCCCC1. The van der Waals surface area contributed by atoms with E-state index in [1.165, 1.54) is 6.42 Å². The van der Waals surface area contributed by atoms with Crippen LogP contribution in [0.3, 0.4) is 0 Å². The van der Waals surface area contributed by atoms with Crippen LogP contribution in [-0.4, -0.2) is 19.2 Å². The van der Waals surface area contributed by atoms with Gasteiger partial charge in [-0.25, -0.2) is 0 Å². The van der Waals surface area contributed by atoms with E-state index in [0.29, 0.717) is 28.8 Å². The van der Waals surface area contributed by atoms with Crippen LogP contribution in [0.5, 0.6) is 11.5 Å². The second-order valence-corrected chi connectivity index (χ2v) is 6.09.